The second-order valence-electron chi connectivity index (χ2n) is 4.77. The molecule has 20 heavy (non-hydrogen) atoms. The van der Waals surface area contributed by atoms with Crippen LogP contribution in [0.25, 0.3) is 0 Å². The Bertz CT molecular complexity index is 588. The van der Waals surface area contributed by atoms with Crippen LogP contribution in [0.15, 0.2) is 12.3 Å². The Labute approximate surface area is 118 Å². The SMILES string of the molecule is CCCNc1nccc(C(=O)NC2CCS(=O)(=O)C2)n1. The molecule has 1 fully saturated rings. The molecule has 0 bridgehead atoms. The molecular weight excluding hydrogens is 280 g/mol. The van der Waals surface area contributed by atoms with Crippen LogP contribution in [0.5, 0.6) is 0 Å². The molecule has 8 heteroatoms. The van der Waals surface area contributed by atoms with Crippen LogP contribution in [0.2, 0.25) is 0 Å². The first-order valence-electron chi connectivity index (χ1n) is 6.58. The number of hydrogen-bond acceptors (Lipinski definition) is 6. The molecule has 7 nitrogen and oxygen atoms in total. The maximum atomic E-state index is 12.0. The number of rotatable bonds is 5. The molecular formula is C12H18N4O3S. The lowest BCUT2D eigenvalue weighted by molar-refractivity contribution is 0.0936. The van der Waals surface area contributed by atoms with Gasteiger partial charge in [-0.25, -0.2) is 18.4 Å². The van der Waals surface area contributed by atoms with Crippen molar-refractivity contribution in [3.8, 4) is 0 Å². The van der Waals surface area contributed by atoms with Gasteiger partial charge in [-0.15, -0.1) is 0 Å². The quantitative estimate of drug-likeness (QED) is 0.806. The average Bonchev–Trinajstić information content (AvgIpc) is 2.76. The van der Waals surface area contributed by atoms with Gasteiger partial charge in [0.15, 0.2) is 9.84 Å². The smallest absolute Gasteiger partial charge is 0.270 e. The predicted octanol–water partition coefficient (Wildman–Crippen LogP) is 0.215. The molecule has 0 aromatic carbocycles. The summed E-state index contributed by atoms with van der Waals surface area (Å²) in [6.45, 7) is 2.75. The van der Waals surface area contributed by atoms with Gasteiger partial charge in [-0.05, 0) is 18.9 Å². The summed E-state index contributed by atoms with van der Waals surface area (Å²) < 4.78 is 22.7. The lowest BCUT2D eigenvalue weighted by Crippen LogP contribution is -2.36. The lowest BCUT2D eigenvalue weighted by atomic mass is 10.2. The summed E-state index contributed by atoms with van der Waals surface area (Å²) in [7, 11) is -3.00. The van der Waals surface area contributed by atoms with Crippen molar-refractivity contribution in [2.45, 2.75) is 25.8 Å². The molecule has 1 unspecified atom stereocenters. The fourth-order valence-electron chi connectivity index (χ4n) is 1.98. The molecule has 1 aliphatic heterocycles. The summed E-state index contributed by atoms with van der Waals surface area (Å²) in [4.78, 5) is 20.1. The van der Waals surface area contributed by atoms with Crippen LogP contribution in [0.1, 0.15) is 30.3 Å². The first kappa shape index (κ1) is 14.7. The molecule has 0 saturated carbocycles. The van der Waals surface area contributed by atoms with Crippen molar-refractivity contribution >= 4 is 21.7 Å². The Kier molecular flexibility index (Phi) is 4.53. The maximum absolute atomic E-state index is 12.0. The van der Waals surface area contributed by atoms with Crippen molar-refractivity contribution in [1.82, 2.24) is 15.3 Å². The van der Waals surface area contributed by atoms with E-state index >= 15 is 0 Å². The monoisotopic (exact) mass is 298 g/mol. The highest BCUT2D eigenvalue weighted by Gasteiger charge is 2.29. The van der Waals surface area contributed by atoms with E-state index in [1.54, 1.807) is 0 Å². The summed E-state index contributed by atoms with van der Waals surface area (Å²) >= 11 is 0. The van der Waals surface area contributed by atoms with E-state index in [0.29, 0.717) is 12.4 Å². The number of aromatic nitrogens is 2. The minimum absolute atomic E-state index is 0.00473. The lowest BCUT2D eigenvalue weighted by Gasteiger charge is -2.10. The Morgan fingerprint density at radius 2 is 2.30 bits per heavy atom. The molecule has 0 radical (unpaired) electrons. The number of amides is 1. The fourth-order valence-corrected chi connectivity index (χ4v) is 3.65. The van der Waals surface area contributed by atoms with Crippen molar-refractivity contribution < 1.29 is 13.2 Å². The van der Waals surface area contributed by atoms with Crippen LogP contribution < -0.4 is 10.6 Å². The average molecular weight is 298 g/mol. The second kappa shape index (κ2) is 6.17. The number of anilines is 1. The summed E-state index contributed by atoms with van der Waals surface area (Å²) in [5.74, 6) is 0.170. The van der Waals surface area contributed by atoms with Gasteiger partial charge in [-0.3, -0.25) is 4.79 Å². The molecule has 2 rings (SSSR count). The van der Waals surface area contributed by atoms with Gasteiger partial charge >= 0.3 is 0 Å². The van der Waals surface area contributed by atoms with Gasteiger partial charge in [0.1, 0.15) is 5.69 Å². The van der Waals surface area contributed by atoms with E-state index in [0.717, 1.165) is 13.0 Å². The Morgan fingerprint density at radius 3 is 2.95 bits per heavy atom. The molecule has 0 spiro atoms. The highest BCUT2D eigenvalue weighted by atomic mass is 32.2. The van der Waals surface area contributed by atoms with Crippen molar-refractivity contribution in [2.75, 3.05) is 23.4 Å². The highest BCUT2D eigenvalue weighted by Crippen LogP contribution is 2.12. The minimum Gasteiger partial charge on any atom is -0.354 e. The van der Waals surface area contributed by atoms with Crippen LogP contribution in [0.4, 0.5) is 5.95 Å². The number of carbonyl (C=O) groups is 1. The van der Waals surface area contributed by atoms with E-state index in [-0.39, 0.29) is 29.1 Å². The zero-order valence-corrected chi connectivity index (χ0v) is 12.1. The van der Waals surface area contributed by atoms with Crippen molar-refractivity contribution in [3.63, 3.8) is 0 Å². The van der Waals surface area contributed by atoms with Gasteiger partial charge < -0.3 is 10.6 Å². The third-order valence-electron chi connectivity index (χ3n) is 2.99. The number of hydrogen-bond donors (Lipinski definition) is 2. The van der Waals surface area contributed by atoms with Gasteiger partial charge in [-0.1, -0.05) is 6.92 Å². The normalized spacial score (nSPS) is 20.6. The summed E-state index contributed by atoms with van der Waals surface area (Å²) in [5, 5.41) is 5.70. The Hall–Kier alpha value is -1.70. The number of carbonyl (C=O) groups excluding carboxylic acids is 1. The standard InChI is InChI=1S/C12H18N4O3S/c1-2-5-13-12-14-6-3-10(16-12)11(17)15-9-4-7-20(18,19)8-9/h3,6,9H,2,4-5,7-8H2,1H3,(H,15,17)(H,13,14,16). The second-order valence-corrected chi connectivity index (χ2v) is 6.99. The number of nitrogens with zero attached hydrogens (tertiary/aromatic N) is 2. The van der Waals surface area contributed by atoms with Crippen LogP contribution >= 0.6 is 0 Å². The summed E-state index contributed by atoms with van der Waals surface area (Å²) in [5.41, 5.74) is 0.239. The van der Waals surface area contributed by atoms with E-state index in [1.807, 2.05) is 6.92 Å². The van der Waals surface area contributed by atoms with E-state index < -0.39 is 9.84 Å². The van der Waals surface area contributed by atoms with Crippen molar-refractivity contribution in [1.29, 1.82) is 0 Å². The molecule has 1 amide bonds. The summed E-state index contributed by atoms with van der Waals surface area (Å²) in [6, 6.07) is 1.19. The molecule has 2 heterocycles. The Balaban J connectivity index is 1.99. The van der Waals surface area contributed by atoms with E-state index in [9.17, 15) is 13.2 Å². The molecule has 2 N–H and O–H groups in total. The predicted molar refractivity (Wildman–Crippen MR) is 75.3 cm³/mol. The van der Waals surface area contributed by atoms with E-state index in [2.05, 4.69) is 20.6 Å². The maximum Gasteiger partial charge on any atom is 0.270 e. The zero-order chi connectivity index (χ0) is 14.6. The van der Waals surface area contributed by atoms with Gasteiger partial charge in [0.05, 0.1) is 11.5 Å². The van der Waals surface area contributed by atoms with Gasteiger partial charge in [0.2, 0.25) is 5.95 Å². The summed E-state index contributed by atoms with van der Waals surface area (Å²) in [6.07, 6.45) is 2.89. The number of sulfone groups is 1. The Morgan fingerprint density at radius 1 is 1.50 bits per heavy atom. The van der Waals surface area contributed by atoms with E-state index in [1.165, 1.54) is 12.3 Å². The third kappa shape index (κ3) is 3.89. The van der Waals surface area contributed by atoms with Gasteiger partial charge in [-0.2, -0.15) is 0 Å². The molecule has 0 aliphatic carbocycles. The fraction of sp³-hybridized carbons (Fsp3) is 0.583. The zero-order valence-electron chi connectivity index (χ0n) is 11.3. The largest absolute Gasteiger partial charge is 0.354 e. The first-order valence-corrected chi connectivity index (χ1v) is 8.40. The van der Waals surface area contributed by atoms with Crippen molar-refractivity contribution in [3.05, 3.63) is 18.0 Å². The molecule has 1 atom stereocenters. The van der Waals surface area contributed by atoms with Crippen LogP contribution in [0.3, 0.4) is 0 Å². The topological polar surface area (TPSA) is 101 Å². The molecule has 1 saturated heterocycles. The first-order chi connectivity index (χ1) is 9.50. The van der Waals surface area contributed by atoms with Gasteiger partial charge in [0, 0.05) is 18.8 Å². The van der Waals surface area contributed by atoms with Crippen LogP contribution in [0, 0.1) is 0 Å². The molecule has 110 valence electrons. The molecule has 1 aromatic heterocycles. The molecule has 1 aromatic rings. The minimum atomic E-state index is -3.00. The number of nitrogens with one attached hydrogen (secondary N) is 2. The van der Waals surface area contributed by atoms with Crippen molar-refractivity contribution in [2.24, 2.45) is 0 Å². The molecule has 1 aliphatic rings. The van der Waals surface area contributed by atoms with Crippen LogP contribution in [-0.2, 0) is 9.84 Å². The highest BCUT2D eigenvalue weighted by molar-refractivity contribution is 7.91. The van der Waals surface area contributed by atoms with Crippen LogP contribution in [-0.4, -0.2) is 48.4 Å². The van der Waals surface area contributed by atoms with Gasteiger partial charge in [0.25, 0.3) is 5.91 Å². The van der Waals surface area contributed by atoms with E-state index in [4.69, 9.17) is 0 Å². The third-order valence-corrected chi connectivity index (χ3v) is 4.76.